The highest BCUT2D eigenvalue weighted by atomic mass is 16.6. The molecule has 3 heteroatoms. The lowest BCUT2D eigenvalue weighted by atomic mass is 10.1. The van der Waals surface area contributed by atoms with Crippen molar-refractivity contribution >= 4 is 0 Å². The summed E-state index contributed by atoms with van der Waals surface area (Å²) in [5, 5.41) is 10.0. The molecule has 0 saturated carbocycles. The Morgan fingerprint density at radius 2 is 1.20 bits per heavy atom. The fourth-order valence-electron chi connectivity index (χ4n) is 1.66. The van der Waals surface area contributed by atoms with Gasteiger partial charge in [0, 0.05) is 11.3 Å². The lowest BCUT2D eigenvalue weighted by Gasteiger charge is -2.00. The largest absolute Gasteiger partial charge is 0.265 e. The minimum atomic E-state index is -0.223. The summed E-state index contributed by atoms with van der Waals surface area (Å²) >= 11 is 0. The molecule has 0 bridgehead atoms. The summed E-state index contributed by atoms with van der Waals surface area (Å²) in [5.41, 5.74) is 0. The van der Waals surface area contributed by atoms with E-state index in [1.54, 1.807) is 0 Å². The minimum Gasteiger partial charge on any atom is -0.265 e. The third-order valence-corrected chi connectivity index (χ3v) is 2.59. The van der Waals surface area contributed by atoms with Crippen LogP contribution >= 0.6 is 0 Å². The van der Waals surface area contributed by atoms with Crippen LogP contribution in [-0.2, 0) is 0 Å². The number of rotatable bonds is 11. The second kappa shape index (κ2) is 11.5. The Bertz CT molecular complexity index is 149. The highest BCUT2D eigenvalue weighted by molar-refractivity contribution is 4.48. The monoisotopic (exact) mass is 214 g/mol. The van der Waals surface area contributed by atoms with Gasteiger partial charge in [0.2, 0.25) is 6.54 Å². The molecule has 0 aliphatic heterocycles. The van der Waals surface area contributed by atoms with Gasteiger partial charge >= 0.3 is 0 Å². The van der Waals surface area contributed by atoms with Gasteiger partial charge in [-0.1, -0.05) is 58.3 Å². The maximum atomic E-state index is 10.0. The van der Waals surface area contributed by atoms with Gasteiger partial charge in [-0.2, -0.15) is 0 Å². The lowest BCUT2D eigenvalue weighted by molar-refractivity contribution is -0.480. The van der Waals surface area contributed by atoms with Gasteiger partial charge in [0.15, 0.2) is 0 Å². The molecule has 0 aromatic carbocycles. The highest BCUT2D eigenvalue weighted by Crippen LogP contribution is 2.10. The first-order valence-electron chi connectivity index (χ1n) is 6.18. The summed E-state index contributed by atoms with van der Waals surface area (Å²) in [4.78, 5) is 9.81. The minimum absolute atomic E-state index is 0.142. The lowest BCUT2D eigenvalue weighted by Crippen LogP contribution is -1.99. The molecular formula is C12H24NO2. The number of hydrogen-bond donors (Lipinski definition) is 0. The Morgan fingerprint density at radius 1 is 0.800 bits per heavy atom. The Kier molecular flexibility index (Phi) is 11.0. The number of unbranched alkanes of at least 4 members (excludes halogenated alkanes) is 9. The van der Waals surface area contributed by atoms with E-state index in [4.69, 9.17) is 0 Å². The molecule has 0 saturated heterocycles. The van der Waals surface area contributed by atoms with E-state index in [1.165, 1.54) is 38.5 Å². The van der Waals surface area contributed by atoms with E-state index in [0.717, 1.165) is 25.7 Å². The van der Waals surface area contributed by atoms with Crippen molar-refractivity contribution in [3.63, 3.8) is 0 Å². The van der Waals surface area contributed by atoms with Crippen LogP contribution in [0.4, 0.5) is 0 Å². The molecule has 0 amide bonds. The van der Waals surface area contributed by atoms with Crippen molar-refractivity contribution in [3.8, 4) is 0 Å². The molecule has 0 fully saturated rings. The second-order valence-corrected chi connectivity index (χ2v) is 4.09. The molecule has 0 heterocycles. The van der Waals surface area contributed by atoms with E-state index in [0.29, 0.717) is 0 Å². The average molecular weight is 214 g/mol. The zero-order valence-corrected chi connectivity index (χ0v) is 9.75. The van der Waals surface area contributed by atoms with Crippen molar-refractivity contribution in [3.05, 3.63) is 17.0 Å². The van der Waals surface area contributed by atoms with Crippen LogP contribution < -0.4 is 0 Å². The van der Waals surface area contributed by atoms with Gasteiger partial charge in [-0.25, -0.2) is 0 Å². The van der Waals surface area contributed by atoms with Crippen molar-refractivity contribution in [1.29, 1.82) is 0 Å². The molecule has 0 rings (SSSR count). The van der Waals surface area contributed by atoms with Crippen LogP contribution in [0.25, 0.3) is 0 Å². The fraction of sp³-hybridized carbons (Fsp3) is 0.917. The van der Waals surface area contributed by atoms with Gasteiger partial charge in [0.05, 0.1) is 0 Å². The van der Waals surface area contributed by atoms with Crippen molar-refractivity contribution in [2.45, 2.75) is 64.2 Å². The highest BCUT2D eigenvalue weighted by Gasteiger charge is 1.96. The number of nitrogens with zero attached hydrogens (tertiary/aromatic N) is 1. The Hall–Kier alpha value is -0.600. The molecule has 0 aliphatic rings. The van der Waals surface area contributed by atoms with Crippen molar-refractivity contribution in [2.75, 3.05) is 6.54 Å². The molecule has 3 nitrogen and oxygen atoms in total. The molecule has 1 radical (unpaired) electrons. The molecular weight excluding hydrogens is 190 g/mol. The van der Waals surface area contributed by atoms with Gasteiger partial charge in [0.25, 0.3) is 0 Å². The van der Waals surface area contributed by atoms with E-state index in [2.05, 4.69) is 6.92 Å². The molecule has 0 aromatic heterocycles. The van der Waals surface area contributed by atoms with Crippen molar-refractivity contribution < 1.29 is 4.92 Å². The summed E-state index contributed by atoms with van der Waals surface area (Å²) < 4.78 is 0. The van der Waals surface area contributed by atoms with Gasteiger partial charge in [-0.05, 0) is 6.42 Å². The third-order valence-electron chi connectivity index (χ3n) is 2.59. The van der Waals surface area contributed by atoms with E-state index >= 15 is 0 Å². The summed E-state index contributed by atoms with van der Waals surface area (Å²) in [6, 6.07) is 0. The number of hydrogen-bond acceptors (Lipinski definition) is 2. The van der Waals surface area contributed by atoms with Crippen LogP contribution in [0.2, 0.25) is 0 Å². The van der Waals surface area contributed by atoms with E-state index in [-0.39, 0.29) is 11.5 Å². The van der Waals surface area contributed by atoms with Crippen LogP contribution in [-0.4, -0.2) is 11.5 Å². The maximum Gasteiger partial charge on any atom is 0.203 e. The maximum absolute atomic E-state index is 10.0. The summed E-state index contributed by atoms with van der Waals surface area (Å²) in [6.45, 7) is 3.95. The van der Waals surface area contributed by atoms with Gasteiger partial charge in [-0.3, -0.25) is 10.1 Å². The van der Waals surface area contributed by atoms with Gasteiger partial charge in [-0.15, -0.1) is 0 Å². The topological polar surface area (TPSA) is 43.1 Å². The molecule has 15 heavy (non-hydrogen) atoms. The van der Waals surface area contributed by atoms with Crippen LogP contribution in [0.5, 0.6) is 0 Å². The van der Waals surface area contributed by atoms with E-state index in [9.17, 15) is 10.1 Å². The van der Waals surface area contributed by atoms with E-state index in [1.807, 2.05) is 0 Å². The summed E-state index contributed by atoms with van der Waals surface area (Å²) in [6.07, 6.45) is 11.7. The smallest absolute Gasteiger partial charge is 0.203 e. The van der Waals surface area contributed by atoms with Crippen LogP contribution in [0, 0.1) is 17.0 Å². The molecule has 0 unspecified atom stereocenters. The van der Waals surface area contributed by atoms with Crippen LogP contribution in [0.1, 0.15) is 64.2 Å². The molecule has 0 atom stereocenters. The first-order valence-corrected chi connectivity index (χ1v) is 6.18. The SMILES string of the molecule is [CH2]CCCCCCCCCCC[N+](=O)[O-]. The van der Waals surface area contributed by atoms with Gasteiger partial charge in [0.1, 0.15) is 0 Å². The van der Waals surface area contributed by atoms with E-state index < -0.39 is 0 Å². The Labute approximate surface area is 93.4 Å². The van der Waals surface area contributed by atoms with Gasteiger partial charge < -0.3 is 0 Å². The molecule has 0 N–H and O–H groups in total. The zero-order chi connectivity index (χ0) is 11.4. The quantitative estimate of drug-likeness (QED) is 0.296. The second-order valence-electron chi connectivity index (χ2n) is 4.09. The van der Waals surface area contributed by atoms with Crippen LogP contribution in [0.15, 0.2) is 0 Å². The normalized spacial score (nSPS) is 10.5. The van der Waals surface area contributed by atoms with Crippen molar-refractivity contribution in [2.24, 2.45) is 0 Å². The first-order chi connectivity index (χ1) is 7.27. The molecule has 0 aromatic rings. The molecule has 0 spiro atoms. The Balaban J connectivity index is 2.89. The van der Waals surface area contributed by atoms with Crippen LogP contribution in [0.3, 0.4) is 0 Å². The Morgan fingerprint density at radius 3 is 1.60 bits per heavy atom. The summed E-state index contributed by atoms with van der Waals surface area (Å²) in [7, 11) is 0. The standard InChI is InChI=1S/C12H24NO2/c1-2-3-4-5-6-7-8-9-10-11-12-13(14)15/h1-12H2. The predicted octanol–water partition coefficient (Wildman–Crippen LogP) is 4.00. The number of nitro groups is 1. The predicted molar refractivity (Wildman–Crippen MR) is 63.4 cm³/mol. The zero-order valence-electron chi connectivity index (χ0n) is 9.75. The third kappa shape index (κ3) is 13.4. The molecule has 89 valence electrons. The fourth-order valence-corrected chi connectivity index (χ4v) is 1.66. The van der Waals surface area contributed by atoms with Crippen molar-refractivity contribution in [1.82, 2.24) is 0 Å². The first kappa shape index (κ1) is 14.4. The average Bonchev–Trinajstić information content (AvgIpc) is 2.20. The molecule has 0 aliphatic carbocycles. The summed E-state index contributed by atoms with van der Waals surface area (Å²) in [5.74, 6) is 0.